The van der Waals surface area contributed by atoms with Crippen molar-refractivity contribution in [2.75, 3.05) is 50.4 Å². The molecule has 8 heteroatoms. The third-order valence-corrected chi connectivity index (χ3v) is 6.64. The molecule has 0 bridgehead atoms. The molecular formula is C15H25N5O2S. The first-order chi connectivity index (χ1) is 11.0. The average Bonchev–Trinajstić information content (AvgIpc) is 2.54. The number of fused-ring (bicyclic) bond motifs is 1. The Hall–Kier alpha value is -1.25. The van der Waals surface area contributed by atoms with Gasteiger partial charge >= 0.3 is 0 Å². The first-order valence-corrected chi connectivity index (χ1v) is 9.86. The molecule has 128 valence electrons. The fourth-order valence-corrected chi connectivity index (χ4v) is 4.79. The second-order valence-corrected chi connectivity index (χ2v) is 8.40. The summed E-state index contributed by atoms with van der Waals surface area (Å²) in [5.41, 5.74) is 2.33. The maximum Gasteiger partial charge on any atom is 0.214 e. The normalized spacial score (nSPS) is 20.5. The van der Waals surface area contributed by atoms with E-state index in [-0.39, 0.29) is 5.75 Å². The zero-order chi connectivity index (χ0) is 16.4. The first-order valence-electron chi connectivity index (χ1n) is 8.25. The molecule has 1 fully saturated rings. The number of hydrogen-bond donors (Lipinski definition) is 0. The van der Waals surface area contributed by atoms with Gasteiger partial charge in [0.15, 0.2) is 0 Å². The molecule has 0 N–H and O–H groups in total. The molecule has 0 aliphatic carbocycles. The van der Waals surface area contributed by atoms with Crippen molar-refractivity contribution in [3.05, 3.63) is 17.6 Å². The van der Waals surface area contributed by atoms with E-state index in [0.29, 0.717) is 32.6 Å². The highest BCUT2D eigenvalue weighted by atomic mass is 32.2. The van der Waals surface area contributed by atoms with Gasteiger partial charge in [-0.15, -0.1) is 0 Å². The Morgan fingerprint density at radius 1 is 1.13 bits per heavy atom. The van der Waals surface area contributed by atoms with E-state index < -0.39 is 10.0 Å². The minimum absolute atomic E-state index is 0.237. The fraction of sp³-hybridized carbons (Fsp3) is 0.733. The lowest BCUT2D eigenvalue weighted by Crippen LogP contribution is -2.50. The molecule has 7 nitrogen and oxygen atoms in total. The maximum absolute atomic E-state index is 12.2. The summed E-state index contributed by atoms with van der Waals surface area (Å²) in [4.78, 5) is 13.4. The van der Waals surface area contributed by atoms with Crippen molar-refractivity contribution in [2.24, 2.45) is 0 Å². The molecule has 0 radical (unpaired) electrons. The summed E-state index contributed by atoms with van der Waals surface area (Å²) in [5.74, 6) is 1.22. The summed E-state index contributed by atoms with van der Waals surface area (Å²) in [7, 11) is -0.993. The van der Waals surface area contributed by atoms with Crippen molar-refractivity contribution >= 4 is 15.8 Å². The van der Waals surface area contributed by atoms with E-state index in [1.807, 2.05) is 6.92 Å². The van der Waals surface area contributed by atoms with E-state index >= 15 is 0 Å². The predicted octanol–water partition coefficient (Wildman–Crippen LogP) is 0.326. The molecule has 23 heavy (non-hydrogen) atoms. The highest BCUT2D eigenvalue weighted by Crippen LogP contribution is 2.26. The van der Waals surface area contributed by atoms with Gasteiger partial charge in [-0.25, -0.2) is 18.4 Å². The minimum atomic E-state index is -3.10. The molecule has 2 aliphatic heterocycles. The minimum Gasteiger partial charge on any atom is -0.354 e. The topological polar surface area (TPSA) is 69.6 Å². The van der Waals surface area contributed by atoms with Crippen LogP contribution in [-0.4, -0.2) is 73.1 Å². The molecule has 1 aromatic heterocycles. The lowest BCUT2D eigenvalue weighted by Gasteiger charge is -2.36. The van der Waals surface area contributed by atoms with Gasteiger partial charge in [0.2, 0.25) is 10.0 Å². The molecule has 2 aliphatic rings. The molecular weight excluding hydrogens is 314 g/mol. The number of likely N-dealkylation sites (N-methyl/N-ethyl adjacent to an activating group) is 1. The van der Waals surface area contributed by atoms with Gasteiger partial charge in [-0.3, -0.25) is 0 Å². The summed E-state index contributed by atoms with van der Waals surface area (Å²) < 4.78 is 26.0. The number of piperazine rings is 1. The van der Waals surface area contributed by atoms with Crippen LogP contribution in [0.3, 0.4) is 0 Å². The van der Waals surface area contributed by atoms with Gasteiger partial charge in [0.1, 0.15) is 12.1 Å². The molecule has 0 spiro atoms. The number of nitrogens with zero attached hydrogens (tertiary/aromatic N) is 5. The van der Waals surface area contributed by atoms with Crippen molar-refractivity contribution in [3.8, 4) is 0 Å². The maximum atomic E-state index is 12.2. The average molecular weight is 339 g/mol. The Morgan fingerprint density at radius 2 is 1.87 bits per heavy atom. The Labute approximate surface area is 138 Å². The lowest BCUT2D eigenvalue weighted by atomic mass is 10.1. The van der Waals surface area contributed by atoms with Crippen LogP contribution in [0.5, 0.6) is 0 Å². The predicted molar refractivity (Wildman–Crippen MR) is 89.9 cm³/mol. The number of rotatable bonds is 4. The van der Waals surface area contributed by atoms with E-state index in [9.17, 15) is 8.42 Å². The van der Waals surface area contributed by atoms with Crippen molar-refractivity contribution < 1.29 is 8.42 Å². The zero-order valence-corrected chi connectivity index (χ0v) is 14.7. The largest absolute Gasteiger partial charge is 0.354 e. The fourth-order valence-electron chi connectivity index (χ4n) is 3.30. The molecule has 3 rings (SSSR count). The van der Waals surface area contributed by atoms with Crippen molar-refractivity contribution in [2.45, 2.75) is 26.3 Å². The smallest absolute Gasteiger partial charge is 0.214 e. The number of aromatic nitrogens is 2. The van der Waals surface area contributed by atoms with E-state index in [1.54, 1.807) is 10.6 Å². The van der Waals surface area contributed by atoms with E-state index in [2.05, 4.69) is 26.8 Å². The van der Waals surface area contributed by atoms with E-state index in [1.165, 1.54) is 5.56 Å². The number of anilines is 1. The summed E-state index contributed by atoms with van der Waals surface area (Å²) in [5, 5.41) is 0. The number of sulfonamides is 1. The highest BCUT2D eigenvalue weighted by Gasteiger charge is 2.29. The first kappa shape index (κ1) is 16.6. The third-order valence-electron chi connectivity index (χ3n) is 4.56. The molecule has 0 aromatic carbocycles. The van der Waals surface area contributed by atoms with Crippen LogP contribution in [0, 0.1) is 0 Å². The van der Waals surface area contributed by atoms with Crippen molar-refractivity contribution in [1.82, 2.24) is 19.2 Å². The van der Waals surface area contributed by atoms with E-state index in [0.717, 1.165) is 31.0 Å². The van der Waals surface area contributed by atoms with Gasteiger partial charge in [-0.2, -0.15) is 4.31 Å². The van der Waals surface area contributed by atoms with Gasteiger partial charge < -0.3 is 9.80 Å². The Kier molecular flexibility index (Phi) is 4.84. The summed E-state index contributed by atoms with van der Waals surface area (Å²) in [6.07, 6.45) is 3.25. The van der Waals surface area contributed by atoms with Gasteiger partial charge in [0.05, 0.1) is 11.4 Å². The molecule has 1 aromatic rings. The molecule has 0 unspecified atom stereocenters. The summed E-state index contributed by atoms with van der Waals surface area (Å²) in [6, 6.07) is 0. The molecule has 1 saturated heterocycles. The molecule has 0 saturated carbocycles. The summed E-state index contributed by atoms with van der Waals surface area (Å²) in [6.45, 7) is 6.24. The van der Waals surface area contributed by atoms with Crippen LogP contribution in [0.25, 0.3) is 0 Å². The van der Waals surface area contributed by atoms with Crippen LogP contribution in [0.2, 0.25) is 0 Å². The Balaban J connectivity index is 1.74. The quantitative estimate of drug-likeness (QED) is 0.787. The number of hydrogen-bond acceptors (Lipinski definition) is 6. The highest BCUT2D eigenvalue weighted by molar-refractivity contribution is 7.89. The Morgan fingerprint density at radius 3 is 2.57 bits per heavy atom. The summed E-state index contributed by atoms with van der Waals surface area (Å²) >= 11 is 0. The third kappa shape index (κ3) is 3.49. The van der Waals surface area contributed by atoms with E-state index in [4.69, 9.17) is 0 Å². The van der Waals surface area contributed by atoms with Gasteiger partial charge in [-0.1, -0.05) is 6.92 Å². The Bertz CT molecular complexity index is 656. The van der Waals surface area contributed by atoms with Crippen LogP contribution in [0.4, 0.5) is 5.82 Å². The molecule has 0 atom stereocenters. The zero-order valence-electron chi connectivity index (χ0n) is 13.9. The van der Waals surface area contributed by atoms with Crippen LogP contribution in [0.15, 0.2) is 6.33 Å². The van der Waals surface area contributed by atoms with Crippen LogP contribution in [-0.2, 0) is 23.0 Å². The standard InChI is InChI=1S/C15H25N5O2S/c1-3-10-23(21,22)20-8-6-19(7-9-20)15-13-11-18(2)5-4-14(13)16-12-17-15/h12H,3-11H2,1-2H3. The van der Waals surface area contributed by atoms with Gasteiger partial charge in [0, 0.05) is 51.3 Å². The van der Waals surface area contributed by atoms with Crippen molar-refractivity contribution in [3.63, 3.8) is 0 Å². The van der Waals surface area contributed by atoms with Crippen LogP contribution >= 0.6 is 0 Å². The van der Waals surface area contributed by atoms with Crippen molar-refractivity contribution in [1.29, 1.82) is 0 Å². The second-order valence-electron chi connectivity index (χ2n) is 6.31. The monoisotopic (exact) mass is 339 g/mol. The molecule has 0 amide bonds. The van der Waals surface area contributed by atoms with Crippen LogP contribution < -0.4 is 4.90 Å². The van der Waals surface area contributed by atoms with Gasteiger partial charge in [0.25, 0.3) is 0 Å². The lowest BCUT2D eigenvalue weighted by molar-refractivity contribution is 0.308. The van der Waals surface area contributed by atoms with Gasteiger partial charge in [-0.05, 0) is 13.5 Å². The molecule has 3 heterocycles. The second kappa shape index (κ2) is 6.70. The SMILES string of the molecule is CCCS(=O)(=O)N1CCN(c2ncnc3c2CN(C)CC3)CC1. The van der Waals surface area contributed by atoms with Crippen LogP contribution in [0.1, 0.15) is 24.6 Å².